The molecular formula is C31H34ClN7O4. The molecule has 12 heteroatoms. The Balaban J connectivity index is 1.67. The lowest BCUT2D eigenvalue weighted by atomic mass is 9.90. The predicted molar refractivity (Wildman–Crippen MR) is 163 cm³/mol. The average Bonchev–Trinajstić information content (AvgIpc) is 3.38. The minimum atomic E-state index is -1.09. The molecule has 1 amide bonds. The molecule has 224 valence electrons. The van der Waals surface area contributed by atoms with Gasteiger partial charge in [0.05, 0.1) is 11.2 Å². The summed E-state index contributed by atoms with van der Waals surface area (Å²) in [6.45, 7) is 6.71. The summed E-state index contributed by atoms with van der Waals surface area (Å²) in [7, 11) is 0. The Hall–Kier alpha value is -4.24. The number of halogens is 1. The van der Waals surface area contributed by atoms with E-state index in [-0.39, 0.29) is 6.61 Å². The Labute approximate surface area is 254 Å². The number of carbonyl (C=O) groups is 1. The SMILES string of the molecule is CCCOC1(C(N)=O)CCN(c2cc(OCC(C)(C)O)nc3c(-c4ccc(Cl)cc4)c(-c4ccc(C#N)nc4)nn23)CC1. The molecular weight excluding hydrogens is 570 g/mol. The van der Waals surface area contributed by atoms with Gasteiger partial charge in [-0.15, -0.1) is 0 Å². The minimum Gasteiger partial charge on any atom is -0.474 e. The standard InChI is InChI=1S/C31H34ClN7O4/c1-4-15-43-31(29(34)40)11-13-38(14-12-31)25-16-24(42-19-30(2,3)41)36-28-26(20-5-8-22(32)9-6-20)27(37-39(25)28)21-7-10-23(17-33)35-18-21/h5-10,16,18,41H,4,11-15,19H2,1-3H3,(H2,34,40). The molecule has 1 fully saturated rings. The predicted octanol–water partition coefficient (Wildman–Crippen LogP) is 4.38. The minimum absolute atomic E-state index is 0.0159. The van der Waals surface area contributed by atoms with E-state index in [4.69, 9.17) is 36.9 Å². The van der Waals surface area contributed by atoms with E-state index < -0.39 is 17.1 Å². The highest BCUT2D eigenvalue weighted by Crippen LogP contribution is 2.39. The third kappa shape index (κ3) is 6.41. The second kappa shape index (κ2) is 12.2. The van der Waals surface area contributed by atoms with Gasteiger partial charge in [0.1, 0.15) is 35.5 Å². The summed E-state index contributed by atoms with van der Waals surface area (Å²) >= 11 is 6.22. The molecule has 0 atom stereocenters. The quantitative estimate of drug-likeness (QED) is 0.269. The summed E-state index contributed by atoms with van der Waals surface area (Å²) in [4.78, 5) is 23.7. The summed E-state index contributed by atoms with van der Waals surface area (Å²) in [5, 5.41) is 25.2. The maximum absolute atomic E-state index is 12.5. The summed E-state index contributed by atoms with van der Waals surface area (Å²) in [6, 6.07) is 14.6. The number of hydrogen-bond acceptors (Lipinski definition) is 9. The van der Waals surface area contributed by atoms with Crippen LogP contribution < -0.4 is 15.4 Å². The maximum Gasteiger partial charge on any atom is 0.249 e. The van der Waals surface area contributed by atoms with E-state index in [1.54, 1.807) is 54.9 Å². The first kappa shape index (κ1) is 30.2. The molecule has 1 aromatic carbocycles. The number of fused-ring (bicyclic) bond motifs is 1. The van der Waals surface area contributed by atoms with Crippen LogP contribution >= 0.6 is 11.6 Å². The van der Waals surface area contributed by atoms with E-state index in [0.29, 0.717) is 77.4 Å². The van der Waals surface area contributed by atoms with Crippen LogP contribution in [-0.4, -0.2) is 68.1 Å². The second-order valence-corrected chi connectivity index (χ2v) is 11.7. The number of carbonyl (C=O) groups excluding carboxylic acids is 1. The summed E-state index contributed by atoms with van der Waals surface area (Å²) in [5.74, 6) is 0.528. The monoisotopic (exact) mass is 603 g/mol. The number of pyridine rings is 1. The largest absolute Gasteiger partial charge is 0.474 e. The highest BCUT2D eigenvalue weighted by Gasteiger charge is 2.41. The van der Waals surface area contributed by atoms with Gasteiger partial charge in [-0.3, -0.25) is 4.79 Å². The Morgan fingerprint density at radius 2 is 1.88 bits per heavy atom. The number of piperidine rings is 1. The van der Waals surface area contributed by atoms with Crippen molar-refractivity contribution in [2.45, 2.75) is 51.2 Å². The van der Waals surface area contributed by atoms with Crippen molar-refractivity contribution in [2.75, 3.05) is 31.2 Å². The van der Waals surface area contributed by atoms with Crippen LogP contribution in [0, 0.1) is 11.3 Å². The van der Waals surface area contributed by atoms with Gasteiger partial charge >= 0.3 is 0 Å². The average molecular weight is 604 g/mol. The second-order valence-electron chi connectivity index (χ2n) is 11.3. The van der Waals surface area contributed by atoms with Crippen molar-refractivity contribution in [2.24, 2.45) is 5.73 Å². The van der Waals surface area contributed by atoms with Crippen molar-refractivity contribution in [3.63, 3.8) is 0 Å². The van der Waals surface area contributed by atoms with E-state index >= 15 is 0 Å². The lowest BCUT2D eigenvalue weighted by Crippen LogP contribution is -2.54. The molecule has 3 aromatic heterocycles. The van der Waals surface area contributed by atoms with E-state index in [2.05, 4.69) is 9.88 Å². The number of anilines is 1. The molecule has 4 heterocycles. The molecule has 0 radical (unpaired) electrons. The molecule has 3 N–H and O–H groups in total. The Morgan fingerprint density at radius 1 is 1.19 bits per heavy atom. The van der Waals surface area contributed by atoms with E-state index in [9.17, 15) is 15.2 Å². The number of aromatic nitrogens is 4. The maximum atomic E-state index is 12.5. The first-order valence-corrected chi connectivity index (χ1v) is 14.5. The number of ether oxygens (including phenoxy) is 2. The summed E-state index contributed by atoms with van der Waals surface area (Å²) < 4.78 is 13.7. The first-order chi connectivity index (χ1) is 20.5. The summed E-state index contributed by atoms with van der Waals surface area (Å²) in [6.07, 6.45) is 3.20. The zero-order valence-corrected chi connectivity index (χ0v) is 25.1. The number of benzene rings is 1. The van der Waals surface area contributed by atoms with Crippen LogP contribution in [0.15, 0.2) is 48.7 Å². The molecule has 1 aliphatic rings. The van der Waals surface area contributed by atoms with Crippen LogP contribution in [0.2, 0.25) is 5.02 Å². The fourth-order valence-corrected chi connectivity index (χ4v) is 5.20. The van der Waals surface area contributed by atoms with Crippen molar-refractivity contribution in [1.82, 2.24) is 19.6 Å². The lowest BCUT2D eigenvalue weighted by molar-refractivity contribution is -0.147. The number of amides is 1. The molecule has 1 saturated heterocycles. The zero-order chi connectivity index (χ0) is 30.8. The van der Waals surface area contributed by atoms with Crippen LogP contribution in [0.4, 0.5) is 5.82 Å². The van der Waals surface area contributed by atoms with Gasteiger partial charge in [-0.05, 0) is 50.1 Å². The lowest BCUT2D eigenvalue weighted by Gasteiger charge is -2.40. The molecule has 4 aromatic rings. The van der Waals surface area contributed by atoms with Gasteiger partial charge in [0.15, 0.2) is 5.65 Å². The number of nitrogens with zero attached hydrogens (tertiary/aromatic N) is 6. The smallest absolute Gasteiger partial charge is 0.249 e. The van der Waals surface area contributed by atoms with Crippen molar-refractivity contribution < 1.29 is 19.4 Å². The van der Waals surface area contributed by atoms with Gasteiger partial charge in [-0.25, -0.2) is 4.98 Å². The van der Waals surface area contributed by atoms with E-state index in [1.807, 2.05) is 25.1 Å². The van der Waals surface area contributed by atoms with Crippen LogP contribution in [-0.2, 0) is 9.53 Å². The summed E-state index contributed by atoms with van der Waals surface area (Å²) in [5.41, 5.74) is 7.32. The van der Waals surface area contributed by atoms with E-state index in [0.717, 1.165) is 12.0 Å². The van der Waals surface area contributed by atoms with Crippen molar-refractivity contribution in [1.29, 1.82) is 5.26 Å². The van der Waals surface area contributed by atoms with E-state index in [1.165, 1.54) is 0 Å². The fourth-order valence-electron chi connectivity index (χ4n) is 5.07. The fraction of sp³-hybridized carbons (Fsp3) is 0.387. The van der Waals surface area contributed by atoms with Crippen LogP contribution in [0.1, 0.15) is 45.7 Å². The third-order valence-electron chi connectivity index (χ3n) is 7.33. The zero-order valence-electron chi connectivity index (χ0n) is 24.4. The molecule has 0 saturated carbocycles. The van der Waals surface area contributed by atoms with Crippen LogP contribution in [0.5, 0.6) is 5.88 Å². The normalized spacial score (nSPS) is 14.9. The van der Waals surface area contributed by atoms with Gasteiger partial charge in [0.25, 0.3) is 0 Å². The van der Waals surface area contributed by atoms with Gasteiger partial charge in [-0.1, -0.05) is 30.7 Å². The van der Waals surface area contributed by atoms with Crippen molar-refractivity contribution in [3.8, 4) is 34.3 Å². The number of nitrogens with two attached hydrogens (primary N) is 1. The Kier molecular flexibility index (Phi) is 8.55. The van der Waals surface area contributed by atoms with Crippen molar-refractivity contribution in [3.05, 3.63) is 59.4 Å². The Bertz CT molecular complexity index is 1650. The number of aliphatic hydroxyl groups is 1. The number of hydrogen-bond donors (Lipinski definition) is 2. The number of primary amides is 1. The molecule has 0 aliphatic carbocycles. The number of rotatable bonds is 10. The third-order valence-corrected chi connectivity index (χ3v) is 7.58. The van der Waals surface area contributed by atoms with Gasteiger partial charge in [0.2, 0.25) is 11.8 Å². The van der Waals surface area contributed by atoms with Gasteiger partial charge in [-0.2, -0.15) is 19.9 Å². The molecule has 0 unspecified atom stereocenters. The Morgan fingerprint density at radius 3 is 2.47 bits per heavy atom. The molecule has 5 rings (SSSR count). The first-order valence-electron chi connectivity index (χ1n) is 14.1. The highest BCUT2D eigenvalue weighted by atomic mass is 35.5. The van der Waals surface area contributed by atoms with Gasteiger partial charge in [0, 0.05) is 55.4 Å². The molecule has 0 bridgehead atoms. The molecule has 11 nitrogen and oxygen atoms in total. The van der Waals surface area contributed by atoms with Crippen molar-refractivity contribution >= 4 is 29.0 Å². The van der Waals surface area contributed by atoms with Crippen LogP contribution in [0.3, 0.4) is 0 Å². The topological polar surface area (TPSA) is 152 Å². The molecule has 1 aliphatic heterocycles. The molecule has 43 heavy (non-hydrogen) atoms. The van der Waals surface area contributed by atoms with Gasteiger partial charge < -0.3 is 25.2 Å². The van der Waals surface area contributed by atoms with Crippen LogP contribution in [0.25, 0.3) is 28.0 Å². The highest BCUT2D eigenvalue weighted by molar-refractivity contribution is 6.30. The number of nitriles is 1. The molecule has 0 spiro atoms.